The number of carbonyl (C=O) groups is 2. The van der Waals surface area contributed by atoms with Crippen molar-refractivity contribution in [2.75, 3.05) is 46.5 Å². The Hall–Kier alpha value is -2.82. The fourth-order valence-electron chi connectivity index (χ4n) is 4.56. The van der Waals surface area contributed by atoms with Crippen molar-refractivity contribution in [2.24, 2.45) is 4.99 Å². The Labute approximate surface area is 222 Å². The molecule has 1 saturated heterocycles. The average molecular weight is 529 g/mol. The molecule has 10 heteroatoms. The van der Waals surface area contributed by atoms with E-state index in [1.165, 1.54) is 11.8 Å². The van der Waals surface area contributed by atoms with Gasteiger partial charge in [0.1, 0.15) is 11.4 Å². The second kappa shape index (κ2) is 11.7. The van der Waals surface area contributed by atoms with Gasteiger partial charge < -0.3 is 24.4 Å². The molecule has 9 nitrogen and oxygen atoms in total. The van der Waals surface area contributed by atoms with Crippen molar-refractivity contribution >= 4 is 28.8 Å². The van der Waals surface area contributed by atoms with Crippen LogP contribution in [0.3, 0.4) is 0 Å². The van der Waals surface area contributed by atoms with Crippen molar-refractivity contribution < 1.29 is 23.8 Å². The molecular weight excluding hydrogens is 492 g/mol. The quantitative estimate of drug-likeness (QED) is 0.513. The summed E-state index contributed by atoms with van der Waals surface area (Å²) in [6, 6.07) is 7.07. The standard InChI is InChI=1S/C27H36N4O5S/c1-18-23(25(33)36-27(2,3)4)24(20-8-6-7-9-21(20)34-5)31-19(17-37-26(31)29-18)16-22(32)28-10-11-30-12-14-35-15-13-30/h6-9,17,24H,10-16H2,1-5H3,(H,28,32)/t24-/m0/s1. The molecule has 200 valence electrons. The Morgan fingerprint density at radius 2 is 1.95 bits per heavy atom. The molecule has 1 amide bonds. The third kappa shape index (κ3) is 6.55. The van der Waals surface area contributed by atoms with Gasteiger partial charge in [-0.15, -0.1) is 0 Å². The normalized spacial score (nSPS) is 20.2. The number of morpholine rings is 1. The Kier molecular flexibility index (Phi) is 8.61. The van der Waals surface area contributed by atoms with E-state index in [1.807, 2.05) is 62.3 Å². The first-order chi connectivity index (χ1) is 17.7. The predicted molar refractivity (Wildman–Crippen MR) is 144 cm³/mol. The van der Waals surface area contributed by atoms with Crippen LogP contribution in [0.25, 0.3) is 0 Å². The first-order valence-corrected chi connectivity index (χ1v) is 13.4. The van der Waals surface area contributed by atoms with Gasteiger partial charge in [0.15, 0.2) is 5.17 Å². The molecule has 1 aromatic carbocycles. The maximum absolute atomic E-state index is 13.5. The maximum Gasteiger partial charge on any atom is 0.338 e. The number of carbonyl (C=O) groups excluding carboxylic acids is 2. The van der Waals surface area contributed by atoms with Crippen molar-refractivity contribution in [1.82, 2.24) is 15.1 Å². The summed E-state index contributed by atoms with van der Waals surface area (Å²) in [5.41, 5.74) is 1.94. The van der Waals surface area contributed by atoms with Gasteiger partial charge in [-0.25, -0.2) is 9.79 Å². The second-order valence-electron chi connectivity index (χ2n) is 10.1. The first kappa shape index (κ1) is 27.2. The van der Waals surface area contributed by atoms with Crippen molar-refractivity contribution in [3.05, 3.63) is 52.2 Å². The molecule has 1 fully saturated rings. The zero-order valence-electron chi connectivity index (χ0n) is 22.2. The molecule has 0 unspecified atom stereocenters. The Bertz CT molecular complexity index is 1120. The number of amidine groups is 1. The summed E-state index contributed by atoms with van der Waals surface area (Å²) in [7, 11) is 1.61. The number of methoxy groups -OCH3 is 1. The number of nitrogens with one attached hydrogen (secondary N) is 1. The van der Waals surface area contributed by atoms with Gasteiger partial charge in [-0.05, 0) is 39.2 Å². The van der Waals surface area contributed by atoms with E-state index in [-0.39, 0.29) is 12.3 Å². The molecule has 0 spiro atoms. The molecule has 1 atom stereocenters. The number of fused-ring (bicyclic) bond motifs is 1. The highest BCUT2D eigenvalue weighted by Crippen LogP contribution is 2.47. The molecular formula is C27H36N4O5S. The van der Waals surface area contributed by atoms with Crippen molar-refractivity contribution in [1.29, 1.82) is 0 Å². The van der Waals surface area contributed by atoms with Crippen LogP contribution in [0.2, 0.25) is 0 Å². The lowest BCUT2D eigenvalue weighted by atomic mass is 9.93. The molecule has 4 rings (SSSR count). The minimum atomic E-state index is -0.668. The van der Waals surface area contributed by atoms with Gasteiger partial charge >= 0.3 is 5.97 Å². The van der Waals surface area contributed by atoms with Crippen LogP contribution < -0.4 is 10.1 Å². The van der Waals surface area contributed by atoms with E-state index in [0.29, 0.717) is 23.6 Å². The number of hydrogen-bond acceptors (Lipinski definition) is 9. The summed E-state index contributed by atoms with van der Waals surface area (Å²) in [4.78, 5) is 35.4. The van der Waals surface area contributed by atoms with Crippen LogP contribution in [-0.2, 0) is 19.1 Å². The van der Waals surface area contributed by atoms with Gasteiger partial charge in [-0.3, -0.25) is 9.69 Å². The van der Waals surface area contributed by atoms with Crippen molar-refractivity contribution in [3.63, 3.8) is 0 Å². The third-order valence-corrected chi connectivity index (χ3v) is 7.14. The van der Waals surface area contributed by atoms with Gasteiger partial charge in [0.05, 0.1) is 44.1 Å². The molecule has 0 aliphatic carbocycles. The Morgan fingerprint density at radius 3 is 2.65 bits per heavy atom. The summed E-state index contributed by atoms with van der Waals surface area (Å²) in [5, 5.41) is 5.69. The molecule has 0 aromatic heterocycles. The number of hydrogen-bond donors (Lipinski definition) is 1. The number of nitrogens with zero attached hydrogens (tertiary/aromatic N) is 3. The van der Waals surface area contributed by atoms with Crippen molar-refractivity contribution in [2.45, 2.75) is 45.8 Å². The van der Waals surface area contributed by atoms with Crippen LogP contribution in [0.4, 0.5) is 0 Å². The molecule has 3 aliphatic rings. The van der Waals surface area contributed by atoms with Crippen LogP contribution in [0.5, 0.6) is 5.75 Å². The fourth-order valence-corrected chi connectivity index (χ4v) is 5.52. The summed E-state index contributed by atoms with van der Waals surface area (Å²) in [6.07, 6.45) is 0.168. The molecule has 0 bridgehead atoms. The molecule has 37 heavy (non-hydrogen) atoms. The number of aliphatic imine (C=N–C) groups is 1. The predicted octanol–water partition coefficient (Wildman–Crippen LogP) is 3.45. The molecule has 1 N–H and O–H groups in total. The smallest absolute Gasteiger partial charge is 0.338 e. The van der Waals surface area contributed by atoms with Crippen LogP contribution >= 0.6 is 11.8 Å². The number of amides is 1. The maximum atomic E-state index is 13.5. The van der Waals surface area contributed by atoms with Crippen LogP contribution in [0, 0.1) is 0 Å². The lowest BCUT2D eigenvalue weighted by Crippen LogP contribution is -2.42. The molecule has 0 radical (unpaired) electrons. The highest BCUT2D eigenvalue weighted by Gasteiger charge is 2.43. The SMILES string of the molecule is COc1ccccc1[C@H]1C(C(=O)OC(C)(C)C)=C(C)N=C2SC=C(CC(=O)NCCN3CCOCC3)N21. The minimum absolute atomic E-state index is 0.0785. The lowest BCUT2D eigenvalue weighted by Gasteiger charge is -2.37. The van der Waals surface area contributed by atoms with Gasteiger partial charge in [0, 0.05) is 37.4 Å². The van der Waals surface area contributed by atoms with Gasteiger partial charge in [-0.1, -0.05) is 30.0 Å². The Balaban J connectivity index is 1.58. The zero-order chi connectivity index (χ0) is 26.6. The largest absolute Gasteiger partial charge is 0.496 e. The molecule has 0 saturated carbocycles. The summed E-state index contributed by atoms with van der Waals surface area (Å²) >= 11 is 1.45. The van der Waals surface area contributed by atoms with E-state index in [1.54, 1.807) is 7.11 Å². The van der Waals surface area contributed by atoms with Crippen LogP contribution in [0.1, 0.15) is 45.7 Å². The monoisotopic (exact) mass is 528 g/mol. The topological polar surface area (TPSA) is 92.7 Å². The summed E-state index contributed by atoms with van der Waals surface area (Å²) in [5.74, 6) is 0.133. The highest BCUT2D eigenvalue weighted by atomic mass is 32.2. The zero-order valence-corrected chi connectivity index (χ0v) is 23.0. The van der Waals surface area contributed by atoms with E-state index in [2.05, 4.69) is 10.2 Å². The summed E-state index contributed by atoms with van der Waals surface area (Å²) < 4.78 is 16.9. The van der Waals surface area contributed by atoms with Gasteiger partial charge in [0.25, 0.3) is 0 Å². The van der Waals surface area contributed by atoms with Crippen LogP contribution in [0.15, 0.2) is 51.6 Å². The van der Waals surface area contributed by atoms with Gasteiger partial charge in [0.2, 0.25) is 5.91 Å². The van der Waals surface area contributed by atoms with E-state index < -0.39 is 17.6 Å². The molecule has 3 heterocycles. The second-order valence-corrected chi connectivity index (χ2v) is 11.0. The number of rotatable bonds is 8. The number of para-hydroxylation sites is 1. The lowest BCUT2D eigenvalue weighted by molar-refractivity contribution is -0.150. The number of benzene rings is 1. The average Bonchev–Trinajstić information content (AvgIpc) is 3.24. The number of esters is 1. The van der Waals surface area contributed by atoms with Crippen LogP contribution in [-0.4, -0.2) is 78.9 Å². The number of ether oxygens (including phenoxy) is 3. The summed E-state index contributed by atoms with van der Waals surface area (Å²) in [6.45, 7) is 11.9. The van der Waals surface area contributed by atoms with E-state index in [0.717, 1.165) is 49.3 Å². The van der Waals surface area contributed by atoms with E-state index in [9.17, 15) is 9.59 Å². The third-order valence-electron chi connectivity index (χ3n) is 6.25. The fraction of sp³-hybridized carbons (Fsp3) is 0.519. The van der Waals surface area contributed by atoms with E-state index in [4.69, 9.17) is 19.2 Å². The van der Waals surface area contributed by atoms with Crippen molar-refractivity contribution in [3.8, 4) is 5.75 Å². The molecule has 1 aromatic rings. The Morgan fingerprint density at radius 1 is 1.22 bits per heavy atom. The number of allylic oxidation sites excluding steroid dienone is 1. The first-order valence-electron chi connectivity index (χ1n) is 12.6. The van der Waals surface area contributed by atoms with Gasteiger partial charge in [-0.2, -0.15) is 0 Å². The van der Waals surface area contributed by atoms with E-state index >= 15 is 0 Å². The minimum Gasteiger partial charge on any atom is -0.496 e. The highest BCUT2D eigenvalue weighted by molar-refractivity contribution is 8.16. The molecule has 3 aliphatic heterocycles. The number of thioether (sulfide) groups is 1.